The summed E-state index contributed by atoms with van der Waals surface area (Å²) in [5.41, 5.74) is 5.53. The first kappa shape index (κ1) is 28.5. The summed E-state index contributed by atoms with van der Waals surface area (Å²) in [7, 11) is 0. The number of unbranched alkanes of at least 4 members (excludes halogenated alkanes) is 10. The number of halogens is 1. The van der Waals surface area contributed by atoms with Crippen molar-refractivity contribution in [1.29, 1.82) is 0 Å². The smallest absolute Gasteiger partial charge is 0.0739 e. The monoisotopic (exact) mass is 423 g/mol. The Balaban J connectivity index is 0.00000784. The highest BCUT2D eigenvalue weighted by molar-refractivity contribution is 5.15. The molecule has 3 N–H and O–H groups in total. The second-order valence-electron chi connectivity index (χ2n) is 9.41. The molecule has 0 bridgehead atoms. The fraction of sp³-hybridized carbons (Fsp3) is 0.778. The van der Waals surface area contributed by atoms with Gasteiger partial charge in [-0.2, -0.15) is 0 Å². The second-order valence-corrected chi connectivity index (χ2v) is 9.41. The third-order valence-electron chi connectivity index (χ3n) is 6.12. The fourth-order valence-electron chi connectivity index (χ4n) is 4.31. The lowest BCUT2D eigenvalue weighted by atomic mass is 9.89. The van der Waals surface area contributed by atoms with E-state index in [1.165, 1.54) is 108 Å². The third-order valence-corrected chi connectivity index (χ3v) is 6.12. The van der Waals surface area contributed by atoms with Gasteiger partial charge in [-0.05, 0) is 43.1 Å². The molecule has 0 fully saturated rings. The van der Waals surface area contributed by atoms with E-state index in [-0.39, 0.29) is 12.4 Å². The lowest BCUT2D eigenvalue weighted by molar-refractivity contribution is -0.368. The van der Waals surface area contributed by atoms with Gasteiger partial charge in [-0.15, -0.1) is 0 Å². The molecule has 0 saturated carbocycles. The highest BCUT2D eigenvalue weighted by Gasteiger charge is 2.09. The molecule has 1 aromatic carbocycles. The molecule has 0 heterocycles. The molecule has 0 aliphatic rings. The molecule has 1 unspecified atom stereocenters. The highest BCUT2D eigenvalue weighted by Crippen LogP contribution is 2.22. The Kier molecular flexibility index (Phi) is 20.4. The van der Waals surface area contributed by atoms with E-state index in [9.17, 15) is 0 Å². The summed E-state index contributed by atoms with van der Waals surface area (Å²) in [6.07, 6.45) is 22.7. The van der Waals surface area contributed by atoms with Gasteiger partial charge in [0, 0.05) is 0 Å². The molecular weight excluding hydrogens is 374 g/mol. The Morgan fingerprint density at radius 1 is 0.621 bits per heavy atom. The molecule has 1 rings (SSSR count). The fourth-order valence-corrected chi connectivity index (χ4v) is 4.31. The molecule has 0 saturated heterocycles. The minimum atomic E-state index is 0. The summed E-state index contributed by atoms with van der Waals surface area (Å²) < 4.78 is 0. The average Bonchev–Trinajstić information content (AvgIpc) is 2.69. The number of hydrogen-bond acceptors (Lipinski definition) is 0. The normalized spacial score (nSPS) is 12.1. The molecular formula is C27H50ClN. The maximum atomic E-state index is 4.00. The van der Waals surface area contributed by atoms with E-state index in [2.05, 4.69) is 49.9 Å². The number of hydrogen-bond donors (Lipinski definition) is 1. The molecule has 170 valence electrons. The Hall–Kier alpha value is -0.530. The van der Waals surface area contributed by atoms with Crippen molar-refractivity contribution in [3.63, 3.8) is 0 Å². The van der Waals surface area contributed by atoms with Crippen LogP contribution in [-0.2, 0) is 6.42 Å². The average molecular weight is 424 g/mol. The number of quaternary nitrogens is 1. The van der Waals surface area contributed by atoms with E-state index in [4.69, 9.17) is 0 Å². The first-order valence-corrected chi connectivity index (χ1v) is 12.6. The molecule has 0 spiro atoms. The molecule has 0 aliphatic heterocycles. The van der Waals surface area contributed by atoms with Crippen molar-refractivity contribution in [3.8, 4) is 0 Å². The molecule has 0 aliphatic carbocycles. The van der Waals surface area contributed by atoms with Crippen LogP contribution in [0.3, 0.4) is 0 Å². The van der Waals surface area contributed by atoms with Crippen molar-refractivity contribution < 1.29 is 18.1 Å². The first-order valence-electron chi connectivity index (χ1n) is 12.6. The topological polar surface area (TPSA) is 27.6 Å². The minimum Gasteiger partial charge on any atom is -1.00 e. The van der Waals surface area contributed by atoms with E-state index in [1.54, 1.807) is 0 Å². The largest absolute Gasteiger partial charge is 1.00 e. The lowest BCUT2D eigenvalue weighted by Gasteiger charge is -2.17. The molecule has 1 atom stereocenters. The molecule has 0 radical (unpaired) electrons. The predicted molar refractivity (Wildman–Crippen MR) is 125 cm³/mol. The number of benzene rings is 1. The third kappa shape index (κ3) is 18.0. The molecule has 29 heavy (non-hydrogen) atoms. The van der Waals surface area contributed by atoms with Crippen molar-refractivity contribution in [2.75, 3.05) is 6.54 Å². The van der Waals surface area contributed by atoms with Gasteiger partial charge >= 0.3 is 0 Å². The van der Waals surface area contributed by atoms with Crippen LogP contribution >= 0.6 is 0 Å². The van der Waals surface area contributed by atoms with E-state index in [0.29, 0.717) is 0 Å². The van der Waals surface area contributed by atoms with Crippen LogP contribution in [0.2, 0.25) is 0 Å². The zero-order chi connectivity index (χ0) is 20.3. The molecule has 2 heteroatoms. The Morgan fingerprint density at radius 3 is 1.55 bits per heavy atom. The predicted octanol–water partition coefficient (Wildman–Crippen LogP) is 4.60. The minimum absolute atomic E-state index is 0. The van der Waals surface area contributed by atoms with E-state index in [0.717, 1.165) is 18.4 Å². The summed E-state index contributed by atoms with van der Waals surface area (Å²) in [5, 5.41) is 0. The van der Waals surface area contributed by atoms with Gasteiger partial charge in [0.1, 0.15) is 0 Å². The van der Waals surface area contributed by atoms with Gasteiger partial charge < -0.3 is 18.1 Å². The summed E-state index contributed by atoms with van der Waals surface area (Å²) in [4.78, 5) is 0. The van der Waals surface area contributed by atoms with Crippen LogP contribution in [0.25, 0.3) is 0 Å². The van der Waals surface area contributed by atoms with Gasteiger partial charge in [-0.25, -0.2) is 0 Å². The van der Waals surface area contributed by atoms with Crippen LogP contribution in [0, 0.1) is 11.8 Å². The molecule has 1 nitrogen and oxygen atoms in total. The Morgan fingerprint density at radius 2 is 1.07 bits per heavy atom. The van der Waals surface area contributed by atoms with Crippen LogP contribution in [0.1, 0.15) is 116 Å². The van der Waals surface area contributed by atoms with E-state index in [1.807, 2.05) is 0 Å². The van der Waals surface area contributed by atoms with E-state index < -0.39 is 0 Å². The zero-order valence-corrected chi connectivity index (χ0v) is 20.4. The molecule has 0 aromatic heterocycles. The van der Waals surface area contributed by atoms with Crippen LogP contribution in [0.5, 0.6) is 0 Å². The van der Waals surface area contributed by atoms with Crippen LogP contribution in [-0.4, -0.2) is 6.54 Å². The van der Waals surface area contributed by atoms with Crippen molar-refractivity contribution in [3.05, 3.63) is 35.9 Å². The second kappa shape index (κ2) is 20.7. The first-order chi connectivity index (χ1) is 13.7. The quantitative estimate of drug-likeness (QED) is 0.315. The molecule has 0 amide bonds. The summed E-state index contributed by atoms with van der Waals surface area (Å²) in [6, 6.07) is 11.1. The van der Waals surface area contributed by atoms with E-state index >= 15 is 0 Å². The van der Waals surface area contributed by atoms with Crippen molar-refractivity contribution >= 4 is 0 Å². The van der Waals surface area contributed by atoms with Crippen LogP contribution in [0.15, 0.2) is 30.3 Å². The van der Waals surface area contributed by atoms with Gasteiger partial charge in [-0.1, -0.05) is 121 Å². The van der Waals surface area contributed by atoms with Gasteiger partial charge in [0.2, 0.25) is 0 Å². The van der Waals surface area contributed by atoms with Crippen molar-refractivity contribution in [2.45, 2.75) is 117 Å². The summed E-state index contributed by atoms with van der Waals surface area (Å²) in [6.45, 7) is 5.77. The van der Waals surface area contributed by atoms with Crippen LogP contribution in [0.4, 0.5) is 0 Å². The van der Waals surface area contributed by atoms with Gasteiger partial charge in [-0.3, -0.25) is 0 Å². The molecule has 1 aromatic rings. The lowest BCUT2D eigenvalue weighted by Crippen LogP contribution is -3.00. The van der Waals surface area contributed by atoms with Crippen molar-refractivity contribution in [2.24, 2.45) is 11.8 Å². The SMILES string of the molecule is CC(C)CCCCCCCCCCCCC(CCCC[NH3+])Cc1ccccc1.[Cl-]. The van der Waals surface area contributed by atoms with Gasteiger partial charge in [0.15, 0.2) is 0 Å². The highest BCUT2D eigenvalue weighted by atomic mass is 35.5. The van der Waals surface area contributed by atoms with Gasteiger partial charge in [0.05, 0.1) is 6.54 Å². The van der Waals surface area contributed by atoms with Crippen molar-refractivity contribution in [1.82, 2.24) is 0 Å². The standard InChI is InChI=1S/C27H49N.ClH/c1-25(2)18-12-9-7-5-3-4-6-8-10-13-19-27(22-16-17-23-28)24-26-20-14-11-15-21-26;/h11,14-15,20-21,25,27H,3-10,12-13,16-19,22-24,28H2,1-2H3;1H. The summed E-state index contributed by atoms with van der Waals surface area (Å²) >= 11 is 0. The zero-order valence-electron chi connectivity index (χ0n) is 19.6. The van der Waals surface area contributed by atoms with Crippen LogP contribution < -0.4 is 18.1 Å². The maximum absolute atomic E-state index is 4.00. The Labute approximate surface area is 189 Å². The maximum Gasteiger partial charge on any atom is 0.0739 e. The summed E-state index contributed by atoms with van der Waals surface area (Å²) in [5.74, 6) is 1.76. The Bertz CT molecular complexity index is 431. The number of rotatable bonds is 19. The van der Waals surface area contributed by atoms with Gasteiger partial charge in [0.25, 0.3) is 0 Å².